The van der Waals surface area contributed by atoms with Crippen molar-refractivity contribution < 1.29 is 9.59 Å². The fraction of sp³-hybridized carbons (Fsp3) is 0.905. The van der Waals surface area contributed by atoms with Crippen LogP contribution in [0.25, 0.3) is 0 Å². The van der Waals surface area contributed by atoms with Gasteiger partial charge in [-0.15, -0.1) is 0 Å². The summed E-state index contributed by atoms with van der Waals surface area (Å²) in [6.07, 6.45) is 12.9. The van der Waals surface area contributed by atoms with Crippen LogP contribution in [0.15, 0.2) is 0 Å². The van der Waals surface area contributed by atoms with Crippen molar-refractivity contribution in [1.82, 2.24) is 10.6 Å². The molecule has 0 aromatic heterocycles. The summed E-state index contributed by atoms with van der Waals surface area (Å²) in [6.45, 7) is 9.77. The van der Waals surface area contributed by atoms with Gasteiger partial charge >= 0.3 is 0 Å². The maximum Gasteiger partial charge on any atom is 0.220 e. The van der Waals surface area contributed by atoms with Crippen LogP contribution in [0.5, 0.6) is 0 Å². The van der Waals surface area contributed by atoms with Crippen molar-refractivity contribution in [3.8, 4) is 0 Å². The molecule has 0 aliphatic heterocycles. The van der Waals surface area contributed by atoms with Gasteiger partial charge in [-0.1, -0.05) is 79.1 Å². The predicted octanol–water partition coefficient (Wildman–Crippen LogP) is 4.97. The second-order valence-electron chi connectivity index (χ2n) is 8.05. The number of hydrogen-bond acceptors (Lipinski definition) is 2. The monoisotopic (exact) mass is 354 g/mol. The Labute approximate surface area is 155 Å². The summed E-state index contributed by atoms with van der Waals surface area (Å²) in [4.78, 5) is 23.8. The van der Waals surface area contributed by atoms with E-state index in [4.69, 9.17) is 0 Å². The Kier molecular flexibility index (Phi) is 14.6. The molecular weight excluding hydrogens is 312 g/mol. The van der Waals surface area contributed by atoms with Gasteiger partial charge in [0.15, 0.2) is 0 Å². The van der Waals surface area contributed by atoms with Crippen molar-refractivity contribution in [3.05, 3.63) is 0 Å². The van der Waals surface area contributed by atoms with E-state index in [1.807, 2.05) is 0 Å². The second-order valence-corrected chi connectivity index (χ2v) is 8.05. The molecule has 0 aromatic carbocycles. The molecule has 0 aliphatic rings. The molecule has 148 valence electrons. The summed E-state index contributed by atoms with van der Waals surface area (Å²) in [5.74, 6) is 0.263. The zero-order chi connectivity index (χ0) is 19.0. The van der Waals surface area contributed by atoms with Gasteiger partial charge < -0.3 is 10.6 Å². The van der Waals surface area contributed by atoms with Crippen LogP contribution in [0.3, 0.4) is 0 Å². The fourth-order valence-electron chi connectivity index (χ4n) is 2.69. The van der Waals surface area contributed by atoms with Crippen molar-refractivity contribution in [2.45, 2.75) is 105 Å². The predicted molar refractivity (Wildman–Crippen MR) is 107 cm³/mol. The molecule has 0 spiro atoms. The molecule has 0 saturated heterocycles. The molecule has 0 bridgehead atoms. The van der Waals surface area contributed by atoms with Crippen molar-refractivity contribution >= 4 is 11.8 Å². The minimum absolute atomic E-state index is 0.115. The first-order valence-corrected chi connectivity index (χ1v) is 10.4. The molecule has 0 saturated carbocycles. The lowest BCUT2D eigenvalue weighted by molar-refractivity contribution is -0.121. The number of nitrogens with one attached hydrogen (secondary N) is 2. The maximum absolute atomic E-state index is 11.9. The van der Waals surface area contributed by atoms with Crippen LogP contribution in [0.2, 0.25) is 0 Å². The van der Waals surface area contributed by atoms with Gasteiger partial charge in [-0.3, -0.25) is 9.59 Å². The summed E-state index contributed by atoms with van der Waals surface area (Å²) in [5.41, 5.74) is -0.115. The molecule has 0 fully saturated rings. The maximum atomic E-state index is 11.9. The summed E-state index contributed by atoms with van der Waals surface area (Å²) < 4.78 is 0. The zero-order valence-corrected chi connectivity index (χ0v) is 17.2. The molecule has 0 radical (unpaired) electrons. The Morgan fingerprint density at radius 1 is 0.640 bits per heavy atom. The normalized spacial score (nSPS) is 11.4. The Bertz CT molecular complexity index is 322. The minimum Gasteiger partial charge on any atom is -0.356 e. The Hall–Kier alpha value is -1.06. The third-order valence-corrected chi connectivity index (χ3v) is 4.54. The molecule has 2 amide bonds. The van der Waals surface area contributed by atoms with Crippen molar-refractivity contribution in [2.24, 2.45) is 5.41 Å². The molecular formula is C21H42N2O2. The number of carbonyl (C=O) groups is 2. The Balaban J connectivity index is 3.74. The number of rotatable bonds is 16. The number of hydrogen-bond donors (Lipinski definition) is 2. The highest BCUT2D eigenvalue weighted by atomic mass is 16.2. The molecule has 0 unspecified atom stereocenters. The standard InChI is InChI=1S/C21H42N2O2/c1-5-7-9-11-13-15-19(24)22-17-21(3,4)18-23-20(25)16-14-12-10-8-6-2/h5-18H2,1-4H3,(H,22,24)(H,23,25). The molecule has 0 heterocycles. The molecule has 2 N–H and O–H groups in total. The highest BCUT2D eigenvalue weighted by molar-refractivity contribution is 5.76. The van der Waals surface area contributed by atoms with Crippen LogP contribution in [0.4, 0.5) is 0 Å². The van der Waals surface area contributed by atoms with Crippen molar-refractivity contribution in [3.63, 3.8) is 0 Å². The van der Waals surface area contributed by atoms with E-state index in [-0.39, 0.29) is 17.2 Å². The minimum atomic E-state index is -0.115. The van der Waals surface area contributed by atoms with Crippen molar-refractivity contribution in [2.75, 3.05) is 13.1 Å². The molecule has 0 rings (SSSR count). The van der Waals surface area contributed by atoms with E-state index in [9.17, 15) is 9.59 Å². The highest BCUT2D eigenvalue weighted by Gasteiger charge is 2.19. The number of amides is 2. The van der Waals surface area contributed by atoms with Crippen LogP contribution < -0.4 is 10.6 Å². The van der Waals surface area contributed by atoms with E-state index >= 15 is 0 Å². The van der Waals surface area contributed by atoms with Gasteiger partial charge in [-0.05, 0) is 18.3 Å². The first-order valence-electron chi connectivity index (χ1n) is 10.4. The van der Waals surface area contributed by atoms with Gasteiger partial charge in [0.25, 0.3) is 0 Å². The third-order valence-electron chi connectivity index (χ3n) is 4.54. The van der Waals surface area contributed by atoms with Gasteiger partial charge in [0.2, 0.25) is 11.8 Å². The summed E-state index contributed by atoms with van der Waals surface area (Å²) in [6, 6.07) is 0. The summed E-state index contributed by atoms with van der Waals surface area (Å²) >= 11 is 0. The molecule has 25 heavy (non-hydrogen) atoms. The van der Waals surface area contributed by atoms with E-state index < -0.39 is 0 Å². The first-order chi connectivity index (χ1) is 11.9. The topological polar surface area (TPSA) is 58.2 Å². The lowest BCUT2D eigenvalue weighted by Crippen LogP contribution is -2.42. The van der Waals surface area contributed by atoms with Crippen LogP contribution in [0.1, 0.15) is 105 Å². The van der Waals surface area contributed by atoms with Crippen LogP contribution >= 0.6 is 0 Å². The summed E-state index contributed by atoms with van der Waals surface area (Å²) in [5, 5.41) is 6.03. The zero-order valence-electron chi connectivity index (χ0n) is 17.2. The third kappa shape index (κ3) is 16.2. The SMILES string of the molecule is CCCCCCCC(=O)NCC(C)(C)CNC(=O)CCCCCCC. The van der Waals surface area contributed by atoms with Gasteiger partial charge in [0, 0.05) is 25.9 Å². The fourth-order valence-corrected chi connectivity index (χ4v) is 2.69. The van der Waals surface area contributed by atoms with Gasteiger partial charge in [-0.25, -0.2) is 0 Å². The summed E-state index contributed by atoms with van der Waals surface area (Å²) in [7, 11) is 0. The molecule has 0 aromatic rings. The quantitative estimate of drug-likeness (QED) is 0.385. The van der Waals surface area contributed by atoms with Gasteiger partial charge in [-0.2, -0.15) is 0 Å². The van der Waals surface area contributed by atoms with Gasteiger partial charge in [0.1, 0.15) is 0 Å². The second kappa shape index (κ2) is 15.2. The average molecular weight is 355 g/mol. The molecule has 4 nitrogen and oxygen atoms in total. The van der Waals surface area contributed by atoms with E-state index in [0.717, 1.165) is 25.7 Å². The van der Waals surface area contributed by atoms with E-state index in [1.54, 1.807) is 0 Å². The van der Waals surface area contributed by atoms with Gasteiger partial charge in [0.05, 0.1) is 0 Å². The van der Waals surface area contributed by atoms with Crippen molar-refractivity contribution in [1.29, 1.82) is 0 Å². The molecule has 0 atom stereocenters. The van der Waals surface area contributed by atoms with E-state index in [2.05, 4.69) is 38.3 Å². The number of unbranched alkanes of at least 4 members (excludes halogenated alkanes) is 8. The van der Waals surface area contributed by atoms with Crippen LogP contribution in [0, 0.1) is 5.41 Å². The first kappa shape index (κ1) is 23.9. The number of carbonyl (C=O) groups excluding carboxylic acids is 2. The van der Waals surface area contributed by atoms with E-state index in [1.165, 1.54) is 38.5 Å². The average Bonchev–Trinajstić information content (AvgIpc) is 2.58. The molecule has 0 aliphatic carbocycles. The highest BCUT2D eigenvalue weighted by Crippen LogP contribution is 2.13. The van der Waals surface area contributed by atoms with Crippen LogP contribution in [-0.2, 0) is 9.59 Å². The Morgan fingerprint density at radius 2 is 1.00 bits per heavy atom. The lowest BCUT2D eigenvalue weighted by atomic mass is 9.93. The largest absolute Gasteiger partial charge is 0.356 e. The molecule has 4 heteroatoms. The lowest BCUT2D eigenvalue weighted by Gasteiger charge is -2.25. The smallest absolute Gasteiger partial charge is 0.220 e. The Morgan fingerprint density at radius 3 is 1.36 bits per heavy atom. The van der Waals surface area contributed by atoms with Crippen LogP contribution in [-0.4, -0.2) is 24.9 Å². The van der Waals surface area contributed by atoms with E-state index in [0.29, 0.717) is 25.9 Å².